The maximum atomic E-state index is 11.3. The van der Waals surface area contributed by atoms with E-state index in [9.17, 15) is 4.79 Å². The second-order valence-corrected chi connectivity index (χ2v) is 4.48. The first-order chi connectivity index (χ1) is 6.50. The van der Waals surface area contributed by atoms with Crippen LogP contribution in [0, 0.1) is 0 Å². The first kappa shape index (κ1) is 11.1. The molecular weight excluding hydrogens is 200 g/mol. The molecule has 14 heavy (non-hydrogen) atoms. The van der Waals surface area contributed by atoms with Gasteiger partial charge in [0.1, 0.15) is 11.5 Å². The van der Waals surface area contributed by atoms with Crippen LogP contribution in [0.1, 0.15) is 19.4 Å². The first-order valence-electron chi connectivity index (χ1n) is 4.40. The molecule has 0 aliphatic rings. The minimum Gasteiger partial charge on any atom is -0.460 e. The van der Waals surface area contributed by atoms with E-state index in [0.29, 0.717) is 0 Å². The average Bonchev–Trinajstić information content (AvgIpc) is 2.14. The summed E-state index contributed by atoms with van der Waals surface area (Å²) in [5.41, 5.74) is 0.960. The zero-order valence-electron chi connectivity index (χ0n) is 8.29. The standard InChI is InChI=1S/C11H13ClO2/c1-11(2,12)10(13)14-8-9-6-4-3-5-7-9/h3-7H,8H2,1-2H3. The highest BCUT2D eigenvalue weighted by atomic mass is 35.5. The molecule has 0 aliphatic carbocycles. The Balaban J connectivity index is 2.46. The number of hydrogen-bond donors (Lipinski definition) is 0. The molecule has 1 rings (SSSR count). The van der Waals surface area contributed by atoms with Gasteiger partial charge < -0.3 is 4.74 Å². The van der Waals surface area contributed by atoms with Gasteiger partial charge in [-0.3, -0.25) is 4.79 Å². The molecule has 76 valence electrons. The molecule has 0 saturated carbocycles. The van der Waals surface area contributed by atoms with Crippen molar-refractivity contribution in [3.8, 4) is 0 Å². The van der Waals surface area contributed by atoms with Gasteiger partial charge in [0, 0.05) is 0 Å². The van der Waals surface area contributed by atoms with Crippen molar-refractivity contribution in [2.75, 3.05) is 0 Å². The molecule has 0 aromatic heterocycles. The Morgan fingerprint density at radius 1 is 1.36 bits per heavy atom. The Morgan fingerprint density at radius 3 is 2.43 bits per heavy atom. The molecule has 1 aromatic rings. The monoisotopic (exact) mass is 212 g/mol. The zero-order chi connectivity index (χ0) is 10.6. The van der Waals surface area contributed by atoms with Crippen LogP contribution in [-0.2, 0) is 16.1 Å². The van der Waals surface area contributed by atoms with Gasteiger partial charge in [0.25, 0.3) is 0 Å². The number of ether oxygens (including phenoxy) is 1. The zero-order valence-corrected chi connectivity index (χ0v) is 9.04. The molecule has 0 aliphatic heterocycles. The van der Waals surface area contributed by atoms with E-state index in [1.54, 1.807) is 13.8 Å². The van der Waals surface area contributed by atoms with Crippen LogP contribution in [-0.4, -0.2) is 10.8 Å². The van der Waals surface area contributed by atoms with Gasteiger partial charge in [-0.2, -0.15) is 0 Å². The van der Waals surface area contributed by atoms with Gasteiger partial charge in [-0.05, 0) is 19.4 Å². The Labute approximate surface area is 88.8 Å². The summed E-state index contributed by atoms with van der Waals surface area (Å²) in [5.74, 6) is -0.400. The van der Waals surface area contributed by atoms with Crippen LogP contribution in [0.4, 0.5) is 0 Å². The number of carbonyl (C=O) groups is 1. The van der Waals surface area contributed by atoms with Crippen LogP contribution >= 0.6 is 11.6 Å². The molecular formula is C11H13ClO2. The third-order valence-electron chi connectivity index (χ3n) is 1.70. The summed E-state index contributed by atoms with van der Waals surface area (Å²) in [4.78, 5) is 10.3. The fourth-order valence-electron chi connectivity index (χ4n) is 0.895. The average molecular weight is 213 g/mol. The Kier molecular flexibility index (Phi) is 3.53. The van der Waals surface area contributed by atoms with Crippen LogP contribution in [0.3, 0.4) is 0 Å². The SMILES string of the molecule is CC(C)(Cl)C(=O)OCc1ccccc1. The number of hydrogen-bond acceptors (Lipinski definition) is 2. The summed E-state index contributed by atoms with van der Waals surface area (Å²) >= 11 is 5.78. The van der Waals surface area contributed by atoms with E-state index >= 15 is 0 Å². The first-order valence-corrected chi connectivity index (χ1v) is 4.78. The second-order valence-electron chi connectivity index (χ2n) is 3.53. The molecule has 0 N–H and O–H groups in total. The van der Waals surface area contributed by atoms with Crippen molar-refractivity contribution < 1.29 is 9.53 Å². The molecule has 0 unspecified atom stereocenters. The highest BCUT2D eigenvalue weighted by Gasteiger charge is 2.25. The van der Waals surface area contributed by atoms with Gasteiger partial charge >= 0.3 is 5.97 Å². The molecule has 0 heterocycles. The van der Waals surface area contributed by atoms with Crippen molar-refractivity contribution in [2.45, 2.75) is 25.3 Å². The van der Waals surface area contributed by atoms with E-state index in [1.807, 2.05) is 30.3 Å². The molecule has 0 atom stereocenters. The molecule has 0 bridgehead atoms. The van der Waals surface area contributed by atoms with Gasteiger partial charge in [-0.1, -0.05) is 30.3 Å². The summed E-state index contributed by atoms with van der Waals surface area (Å²) < 4.78 is 5.02. The quantitative estimate of drug-likeness (QED) is 0.569. The van der Waals surface area contributed by atoms with Crippen molar-refractivity contribution in [3.05, 3.63) is 35.9 Å². The van der Waals surface area contributed by atoms with Gasteiger partial charge in [0.05, 0.1) is 0 Å². The van der Waals surface area contributed by atoms with Gasteiger partial charge in [0.2, 0.25) is 0 Å². The van der Waals surface area contributed by atoms with E-state index < -0.39 is 10.8 Å². The lowest BCUT2D eigenvalue weighted by Gasteiger charge is -2.14. The van der Waals surface area contributed by atoms with Crippen LogP contribution in [0.15, 0.2) is 30.3 Å². The largest absolute Gasteiger partial charge is 0.460 e. The fourth-order valence-corrected chi connectivity index (χ4v) is 0.949. The van der Waals surface area contributed by atoms with Crippen molar-refractivity contribution in [1.29, 1.82) is 0 Å². The number of halogens is 1. The third kappa shape index (κ3) is 3.38. The maximum Gasteiger partial charge on any atom is 0.326 e. The van der Waals surface area contributed by atoms with Gasteiger partial charge in [0.15, 0.2) is 0 Å². The lowest BCUT2D eigenvalue weighted by Crippen LogP contribution is -2.26. The lowest BCUT2D eigenvalue weighted by molar-refractivity contribution is -0.147. The summed E-state index contributed by atoms with van der Waals surface area (Å²) in [7, 11) is 0. The van der Waals surface area contributed by atoms with Crippen LogP contribution in [0.25, 0.3) is 0 Å². The van der Waals surface area contributed by atoms with E-state index in [2.05, 4.69) is 0 Å². The van der Waals surface area contributed by atoms with Crippen molar-refractivity contribution >= 4 is 17.6 Å². The summed E-state index contributed by atoms with van der Waals surface area (Å²) in [5, 5.41) is 0. The fraction of sp³-hybridized carbons (Fsp3) is 0.364. The Hall–Kier alpha value is -1.02. The predicted molar refractivity (Wildman–Crippen MR) is 56.2 cm³/mol. The molecule has 0 saturated heterocycles. The highest BCUT2D eigenvalue weighted by Crippen LogP contribution is 2.15. The van der Waals surface area contributed by atoms with Crippen LogP contribution in [0.2, 0.25) is 0 Å². The third-order valence-corrected chi connectivity index (χ3v) is 1.85. The molecule has 1 aromatic carbocycles. The van der Waals surface area contributed by atoms with Gasteiger partial charge in [-0.25, -0.2) is 0 Å². The Morgan fingerprint density at radius 2 is 1.93 bits per heavy atom. The topological polar surface area (TPSA) is 26.3 Å². The van der Waals surface area contributed by atoms with E-state index in [0.717, 1.165) is 5.56 Å². The highest BCUT2D eigenvalue weighted by molar-refractivity contribution is 6.33. The number of esters is 1. The van der Waals surface area contributed by atoms with Crippen LogP contribution in [0.5, 0.6) is 0 Å². The van der Waals surface area contributed by atoms with E-state index in [-0.39, 0.29) is 6.61 Å². The molecule has 0 radical (unpaired) electrons. The summed E-state index contributed by atoms with van der Waals surface area (Å²) in [6.45, 7) is 3.50. The molecule has 0 amide bonds. The smallest absolute Gasteiger partial charge is 0.326 e. The molecule has 0 spiro atoms. The molecule has 0 fully saturated rings. The van der Waals surface area contributed by atoms with E-state index in [4.69, 9.17) is 16.3 Å². The van der Waals surface area contributed by atoms with Crippen molar-refractivity contribution in [2.24, 2.45) is 0 Å². The minimum atomic E-state index is -0.950. The lowest BCUT2D eigenvalue weighted by atomic mass is 10.2. The minimum absolute atomic E-state index is 0.274. The number of benzene rings is 1. The molecule has 2 nitrogen and oxygen atoms in total. The number of carbonyl (C=O) groups excluding carboxylic acids is 1. The normalized spacial score (nSPS) is 11.1. The predicted octanol–water partition coefficient (Wildman–Crippen LogP) is 2.75. The summed E-state index contributed by atoms with van der Waals surface area (Å²) in [6, 6.07) is 9.50. The maximum absolute atomic E-state index is 11.3. The second kappa shape index (κ2) is 4.47. The van der Waals surface area contributed by atoms with Crippen molar-refractivity contribution in [1.82, 2.24) is 0 Å². The Bertz CT molecular complexity index is 301. The van der Waals surface area contributed by atoms with E-state index in [1.165, 1.54) is 0 Å². The summed E-state index contributed by atoms with van der Waals surface area (Å²) in [6.07, 6.45) is 0. The van der Waals surface area contributed by atoms with Crippen molar-refractivity contribution in [3.63, 3.8) is 0 Å². The van der Waals surface area contributed by atoms with Gasteiger partial charge in [-0.15, -0.1) is 11.6 Å². The van der Waals surface area contributed by atoms with Crippen LogP contribution < -0.4 is 0 Å². The number of alkyl halides is 1. The molecule has 3 heteroatoms. The number of rotatable bonds is 3.